The standard InChI is InChI=1S/C15H16ClF2NS/c1-3-19-13(15-14(16)9(2)8-20-15)7-10-4-5-11(17)12(18)6-10/h4-6,8,13,19H,3,7H2,1-2H3. The number of rotatable bonds is 5. The highest BCUT2D eigenvalue weighted by molar-refractivity contribution is 7.10. The van der Waals surface area contributed by atoms with Crippen LogP contribution in [0.1, 0.15) is 29.0 Å². The summed E-state index contributed by atoms with van der Waals surface area (Å²) >= 11 is 7.89. The van der Waals surface area contributed by atoms with Crippen molar-refractivity contribution in [3.05, 3.63) is 56.2 Å². The molecule has 1 atom stereocenters. The van der Waals surface area contributed by atoms with E-state index < -0.39 is 11.6 Å². The summed E-state index contributed by atoms with van der Waals surface area (Å²) in [7, 11) is 0. The van der Waals surface area contributed by atoms with Crippen LogP contribution in [0.2, 0.25) is 5.02 Å². The van der Waals surface area contributed by atoms with Gasteiger partial charge in [0.25, 0.3) is 0 Å². The number of thiophene rings is 1. The lowest BCUT2D eigenvalue weighted by atomic mass is 10.0. The summed E-state index contributed by atoms with van der Waals surface area (Å²) in [5, 5.41) is 6.11. The molecule has 0 bridgehead atoms. The molecule has 0 aliphatic heterocycles. The van der Waals surface area contributed by atoms with Crippen LogP contribution in [-0.2, 0) is 6.42 Å². The molecule has 0 aliphatic rings. The minimum absolute atomic E-state index is 0.0102. The fourth-order valence-corrected chi connectivity index (χ4v) is 3.49. The molecule has 0 saturated heterocycles. The van der Waals surface area contributed by atoms with Crippen LogP contribution in [-0.4, -0.2) is 6.54 Å². The molecule has 5 heteroatoms. The SMILES string of the molecule is CCNC(Cc1ccc(F)c(F)c1)c1scc(C)c1Cl. The number of benzene rings is 1. The van der Waals surface area contributed by atoms with E-state index in [0.717, 1.165) is 33.6 Å². The van der Waals surface area contributed by atoms with Gasteiger partial charge in [0.05, 0.1) is 5.02 Å². The molecule has 0 saturated carbocycles. The summed E-state index contributed by atoms with van der Waals surface area (Å²) < 4.78 is 26.2. The monoisotopic (exact) mass is 315 g/mol. The number of hydrogen-bond acceptors (Lipinski definition) is 2. The van der Waals surface area contributed by atoms with Crippen LogP contribution in [0.3, 0.4) is 0 Å². The van der Waals surface area contributed by atoms with Gasteiger partial charge in [-0.2, -0.15) is 0 Å². The lowest BCUT2D eigenvalue weighted by Crippen LogP contribution is -2.22. The molecule has 1 unspecified atom stereocenters. The highest BCUT2D eigenvalue weighted by Crippen LogP contribution is 2.34. The Morgan fingerprint density at radius 3 is 2.60 bits per heavy atom. The molecule has 0 radical (unpaired) electrons. The normalized spacial score (nSPS) is 12.7. The number of aryl methyl sites for hydroxylation is 1. The Morgan fingerprint density at radius 2 is 2.05 bits per heavy atom. The molecule has 0 aliphatic carbocycles. The van der Waals surface area contributed by atoms with E-state index in [1.807, 2.05) is 19.2 Å². The Bertz CT molecular complexity index is 598. The van der Waals surface area contributed by atoms with E-state index in [4.69, 9.17) is 11.6 Å². The molecular weight excluding hydrogens is 300 g/mol. The summed E-state index contributed by atoms with van der Waals surface area (Å²) in [5.74, 6) is -1.63. The van der Waals surface area contributed by atoms with Gasteiger partial charge < -0.3 is 5.32 Å². The average molecular weight is 316 g/mol. The van der Waals surface area contributed by atoms with Crippen LogP contribution in [0, 0.1) is 18.6 Å². The van der Waals surface area contributed by atoms with Crippen molar-refractivity contribution in [2.75, 3.05) is 6.54 Å². The zero-order valence-electron chi connectivity index (χ0n) is 11.3. The quantitative estimate of drug-likeness (QED) is 0.829. The molecule has 1 aromatic heterocycles. The van der Waals surface area contributed by atoms with Gasteiger partial charge >= 0.3 is 0 Å². The van der Waals surface area contributed by atoms with Gasteiger partial charge in [0, 0.05) is 10.9 Å². The van der Waals surface area contributed by atoms with Crippen molar-refractivity contribution in [1.82, 2.24) is 5.32 Å². The average Bonchev–Trinajstić information content (AvgIpc) is 2.74. The Labute approximate surface area is 126 Å². The van der Waals surface area contributed by atoms with Crippen molar-refractivity contribution in [2.45, 2.75) is 26.3 Å². The van der Waals surface area contributed by atoms with Crippen LogP contribution < -0.4 is 5.32 Å². The number of halogens is 3. The zero-order valence-corrected chi connectivity index (χ0v) is 12.9. The fourth-order valence-electron chi connectivity index (χ4n) is 2.09. The molecule has 1 nitrogen and oxygen atoms in total. The van der Waals surface area contributed by atoms with E-state index in [1.165, 1.54) is 6.07 Å². The molecular formula is C15H16ClF2NS. The minimum atomic E-state index is -0.821. The van der Waals surface area contributed by atoms with Gasteiger partial charge in [0.1, 0.15) is 0 Å². The molecule has 1 N–H and O–H groups in total. The summed E-state index contributed by atoms with van der Waals surface area (Å²) in [6.45, 7) is 4.75. The first-order valence-electron chi connectivity index (χ1n) is 6.43. The Hall–Kier alpha value is -0.970. The van der Waals surface area contributed by atoms with Crippen LogP contribution in [0.15, 0.2) is 23.6 Å². The molecule has 2 aromatic rings. The number of nitrogens with one attached hydrogen (secondary N) is 1. The van der Waals surface area contributed by atoms with Gasteiger partial charge in [-0.15, -0.1) is 11.3 Å². The third-order valence-corrected chi connectivity index (χ3v) is 4.94. The fraction of sp³-hybridized carbons (Fsp3) is 0.333. The van der Waals surface area contributed by atoms with E-state index in [9.17, 15) is 8.78 Å². The number of likely N-dealkylation sites (N-methyl/N-ethyl adjacent to an activating group) is 1. The van der Waals surface area contributed by atoms with Gasteiger partial charge in [-0.1, -0.05) is 24.6 Å². The van der Waals surface area contributed by atoms with E-state index in [1.54, 1.807) is 17.4 Å². The second-order valence-electron chi connectivity index (χ2n) is 4.66. The third-order valence-electron chi connectivity index (χ3n) is 3.12. The number of hydrogen-bond donors (Lipinski definition) is 1. The predicted octanol–water partition coefficient (Wildman–Crippen LogP) is 4.88. The largest absolute Gasteiger partial charge is 0.309 e. The second-order valence-corrected chi connectivity index (χ2v) is 5.95. The smallest absolute Gasteiger partial charge is 0.159 e. The summed E-state index contributed by atoms with van der Waals surface area (Å²) in [6.07, 6.45) is 0.574. The first-order chi connectivity index (χ1) is 9.52. The van der Waals surface area contributed by atoms with E-state index in [2.05, 4.69) is 5.32 Å². The van der Waals surface area contributed by atoms with Gasteiger partial charge in [0.2, 0.25) is 0 Å². The van der Waals surface area contributed by atoms with Crippen LogP contribution in [0.4, 0.5) is 8.78 Å². The van der Waals surface area contributed by atoms with Crippen LogP contribution >= 0.6 is 22.9 Å². The van der Waals surface area contributed by atoms with Gasteiger partial charge in [-0.25, -0.2) is 8.78 Å². The van der Waals surface area contributed by atoms with Gasteiger partial charge in [0.15, 0.2) is 11.6 Å². The molecule has 0 spiro atoms. The molecule has 2 rings (SSSR count). The van der Waals surface area contributed by atoms with Gasteiger partial charge in [-0.05, 0) is 48.5 Å². The Morgan fingerprint density at radius 1 is 1.30 bits per heavy atom. The highest BCUT2D eigenvalue weighted by atomic mass is 35.5. The Balaban J connectivity index is 2.25. The molecule has 1 heterocycles. The van der Waals surface area contributed by atoms with Crippen molar-refractivity contribution in [2.24, 2.45) is 0 Å². The minimum Gasteiger partial charge on any atom is -0.309 e. The lowest BCUT2D eigenvalue weighted by molar-refractivity contribution is 0.503. The molecule has 0 amide bonds. The first kappa shape index (κ1) is 15.4. The van der Waals surface area contributed by atoms with Crippen molar-refractivity contribution >= 4 is 22.9 Å². The summed E-state index contributed by atoms with van der Waals surface area (Å²) in [6, 6.07) is 4.02. The summed E-state index contributed by atoms with van der Waals surface area (Å²) in [5.41, 5.74) is 1.79. The predicted molar refractivity (Wildman–Crippen MR) is 80.5 cm³/mol. The second kappa shape index (κ2) is 6.66. The maximum Gasteiger partial charge on any atom is 0.159 e. The zero-order chi connectivity index (χ0) is 14.7. The van der Waals surface area contributed by atoms with Crippen LogP contribution in [0.5, 0.6) is 0 Å². The summed E-state index contributed by atoms with van der Waals surface area (Å²) in [4.78, 5) is 1.04. The van der Waals surface area contributed by atoms with Crippen molar-refractivity contribution < 1.29 is 8.78 Å². The maximum absolute atomic E-state index is 13.3. The maximum atomic E-state index is 13.3. The molecule has 108 valence electrons. The topological polar surface area (TPSA) is 12.0 Å². The first-order valence-corrected chi connectivity index (χ1v) is 7.69. The van der Waals surface area contributed by atoms with Crippen molar-refractivity contribution in [3.63, 3.8) is 0 Å². The molecule has 0 fully saturated rings. The Kier molecular flexibility index (Phi) is 5.13. The third kappa shape index (κ3) is 3.37. The van der Waals surface area contributed by atoms with Gasteiger partial charge in [-0.3, -0.25) is 0 Å². The van der Waals surface area contributed by atoms with Crippen molar-refractivity contribution in [3.8, 4) is 0 Å². The van der Waals surface area contributed by atoms with Crippen LogP contribution in [0.25, 0.3) is 0 Å². The lowest BCUT2D eigenvalue weighted by Gasteiger charge is -2.17. The van der Waals surface area contributed by atoms with E-state index >= 15 is 0 Å². The van der Waals surface area contributed by atoms with E-state index in [0.29, 0.717) is 6.42 Å². The molecule has 20 heavy (non-hydrogen) atoms. The highest BCUT2D eigenvalue weighted by Gasteiger charge is 2.18. The van der Waals surface area contributed by atoms with E-state index in [-0.39, 0.29) is 6.04 Å². The molecule has 1 aromatic carbocycles. The van der Waals surface area contributed by atoms with Crippen molar-refractivity contribution in [1.29, 1.82) is 0 Å².